The molecule has 0 saturated carbocycles. The van der Waals surface area contributed by atoms with Gasteiger partial charge in [-0.15, -0.1) is 0 Å². The highest BCUT2D eigenvalue weighted by atomic mass is 28.3. The summed E-state index contributed by atoms with van der Waals surface area (Å²) < 4.78 is 8.03. The van der Waals surface area contributed by atoms with Crippen molar-refractivity contribution in [1.82, 2.24) is 14.8 Å². The van der Waals surface area contributed by atoms with Crippen LogP contribution in [0.2, 0.25) is 0 Å². The van der Waals surface area contributed by atoms with Crippen molar-refractivity contribution < 1.29 is 4.43 Å². The normalized spacial score (nSPS) is 12.2. The van der Waals surface area contributed by atoms with Gasteiger partial charge in [-0.25, -0.2) is 4.98 Å². The smallest absolute Gasteiger partial charge is 0.202 e. The molecule has 1 heterocycles. The summed E-state index contributed by atoms with van der Waals surface area (Å²) in [5, 5.41) is 4.22. The lowest BCUT2D eigenvalue weighted by Gasteiger charge is -2.16. The maximum atomic E-state index is 6.13. The minimum atomic E-state index is -1.40. The molecule has 124 valence electrons. The summed E-state index contributed by atoms with van der Waals surface area (Å²) in [4.78, 5) is 4.03. The molecule has 0 amide bonds. The highest BCUT2D eigenvalue weighted by Crippen LogP contribution is 2.19. The maximum absolute atomic E-state index is 6.13. The maximum Gasteiger partial charge on any atom is 0.202 e. The van der Waals surface area contributed by atoms with Gasteiger partial charge < -0.3 is 4.43 Å². The Labute approximate surface area is 144 Å². The molecule has 3 rings (SSSR count). The van der Waals surface area contributed by atoms with Crippen LogP contribution < -0.4 is 0 Å². The quantitative estimate of drug-likeness (QED) is 0.591. The Morgan fingerprint density at radius 3 is 2.42 bits per heavy atom. The Morgan fingerprint density at radius 1 is 1.00 bits per heavy atom. The van der Waals surface area contributed by atoms with Crippen LogP contribution in [0.1, 0.15) is 18.9 Å². The van der Waals surface area contributed by atoms with Crippen LogP contribution in [0.25, 0.3) is 11.1 Å². The van der Waals surface area contributed by atoms with E-state index in [9.17, 15) is 0 Å². The lowest BCUT2D eigenvalue weighted by Crippen LogP contribution is -2.29. The molecule has 0 aliphatic carbocycles. The molecule has 0 aliphatic heterocycles. The van der Waals surface area contributed by atoms with Gasteiger partial charge >= 0.3 is 0 Å². The second-order valence-electron chi connectivity index (χ2n) is 5.88. The van der Waals surface area contributed by atoms with Crippen LogP contribution in [0.4, 0.5) is 0 Å². The second kappa shape index (κ2) is 8.56. The summed E-state index contributed by atoms with van der Waals surface area (Å²) in [6.07, 6.45) is 5.27. The molecule has 4 nitrogen and oxygen atoms in total. The van der Waals surface area contributed by atoms with Crippen molar-refractivity contribution in [3.8, 4) is 11.1 Å². The molecular formula is C19H23N3OSi. The first kappa shape index (κ1) is 16.6. The number of hydrogen-bond acceptors (Lipinski definition) is 3. The first-order chi connectivity index (χ1) is 11.8. The van der Waals surface area contributed by atoms with Gasteiger partial charge in [0, 0.05) is 6.61 Å². The molecule has 1 unspecified atom stereocenters. The van der Waals surface area contributed by atoms with Crippen LogP contribution in [0, 0.1) is 0 Å². The number of rotatable bonds is 8. The molecule has 1 atom stereocenters. The SMILES string of the molecule is CCCO[SiH](Cc1ccc(-c2ccccc2)cc1)Cn1cncn1. The van der Waals surface area contributed by atoms with Crippen LogP contribution in [-0.4, -0.2) is 30.4 Å². The van der Waals surface area contributed by atoms with Gasteiger partial charge in [0.05, 0.1) is 6.17 Å². The van der Waals surface area contributed by atoms with Crippen molar-refractivity contribution in [2.24, 2.45) is 0 Å². The van der Waals surface area contributed by atoms with E-state index < -0.39 is 9.04 Å². The second-order valence-corrected chi connectivity index (χ2v) is 8.23. The predicted octanol–water partition coefficient (Wildman–Crippen LogP) is 3.42. The first-order valence-electron chi connectivity index (χ1n) is 8.43. The van der Waals surface area contributed by atoms with Crippen molar-refractivity contribution in [2.75, 3.05) is 6.61 Å². The summed E-state index contributed by atoms with van der Waals surface area (Å²) in [5.41, 5.74) is 3.84. The van der Waals surface area contributed by atoms with Gasteiger partial charge in [0.1, 0.15) is 12.7 Å². The molecule has 0 fully saturated rings. The summed E-state index contributed by atoms with van der Waals surface area (Å²) >= 11 is 0. The fourth-order valence-corrected chi connectivity index (χ4v) is 5.05. The molecule has 3 aromatic rings. The minimum Gasteiger partial charge on any atom is -0.418 e. The van der Waals surface area contributed by atoms with Gasteiger partial charge in [-0.1, -0.05) is 61.5 Å². The third-order valence-corrected chi connectivity index (χ3v) is 6.35. The molecule has 0 bridgehead atoms. The highest BCUT2D eigenvalue weighted by Gasteiger charge is 2.14. The lowest BCUT2D eigenvalue weighted by atomic mass is 10.0. The van der Waals surface area contributed by atoms with Crippen LogP contribution in [0.5, 0.6) is 0 Å². The number of aromatic nitrogens is 3. The van der Waals surface area contributed by atoms with Crippen molar-refractivity contribution in [1.29, 1.82) is 0 Å². The van der Waals surface area contributed by atoms with E-state index in [2.05, 4.69) is 65.5 Å². The number of benzene rings is 2. The Kier molecular flexibility index (Phi) is 5.93. The Bertz CT molecular complexity index is 714. The molecule has 0 saturated heterocycles. The predicted molar refractivity (Wildman–Crippen MR) is 99.0 cm³/mol. The molecule has 1 aromatic heterocycles. The number of nitrogens with zero attached hydrogens (tertiary/aromatic N) is 3. The van der Waals surface area contributed by atoms with E-state index >= 15 is 0 Å². The van der Waals surface area contributed by atoms with Crippen molar-refractivity contribution in [2.45, 2.75) is 25.6 Å². The summed E-state index contributed by atoms with van der Waals surface area (Å²) in [7, 11) is -1.40. The first-order valence-corrected chi connectivity index (χ1v) is 10.5. The fraction of sp³-hybridized carbons (Fsp3) is 0.263. The average molecular weight is 337 g/mol. The average Bonchev–Trinajstić information content (AvgIpc) is 3.14. The Morgan fingerprint density at radius 2 is 1.75 bits per heavy atom. The molecule has 0 radical (unpaired) electrons. The zero-order valence-electron chi connectivity index (χ0n) is 14.0. The molecule has 2 aromatic carbocycles. The molecule has 5 heteroatoms. The van der Waals surface area contributed by atoms with Gasteiger partial charge in [0.15, 0.2) is 0 Å². The van der Waals surface area contributed by atoms with Crippen LogP contribution >= 0.6 is 0 Å². The molecule has 0 aliphatic rings. The van der Waals surface area contributed by atoms with Gasteiger partial charge in [-0.05, 0) is 29.2 Å². The highest BCUT2D eigenvalue weighted by molar-refractivity contribution is 6.49. The van der Waals surface area contributed by atoms with E-state index in [0.717, 1.165) is 25.2 Å². The topological polar surface area (TPSA) is 39.9 Å². The molecular weight excluding hydrogens is 314 g/mol. The van der Waals surface area contributed by atoms with E-state index in [1.165, 1.54) is 16.7 Å². The minimum absolute atomic E-state index is 0.827. The lowest BCUT2D eigenvalue weighted by molar-refractivity contribution is 0.310. The summed E-state index contributed by atoms with van der Waals surface area (Å²) in [5.74, 6) is 0. The van der Waals surface area contributed by atoms with Crippen LogP contribution in [0.15, 0.2) is 67.3 Å². The largest absolute Gasteiger partial charge is 0.418 e. The zero-order chi connectivity index (χ0) is 16.6. The monoisotopic (exact) mass is 337 g/mol. The van der Waals surface area contributed by atoms with E-state index in [1.54, 1.807) is 12.7 Å². The number of hydrogen-bond donors (Lipinski definition) is 0. The molecule has 24 heavy (non-hydrogen) atoms. The summed E-state index contributed by atoms with van der Waals surface area (Å²) in [6.45, 7) is 2.98. The third kappa shape index (κ3) is 4.63. The Balaban J connectivity index is 1.67. The van der Waals surface area contributed by atoms with Crippen LogP contribution in [0.3, 0.4) is 0 Å². The van der Waals surface area contributed by atoms with Crippen LogP contribution in [-0.2, 0) is 16.6 Å². The Hall–Kier alpha value is -2.24. The van der Waals surface area contributed by atoms with Crippen molar-refractivity contribution >= 4 is 9.04 Å². The standard InChI is InChI=1S/C19H23N3OSi/c1-2-12-23-24(16-22-15-20-14-21-22)13-17-8-10-19(11-9-17)18-6-4-3-5-7-18/h3-11,14-15,24H,2,12-13,16H2,1H3. The van der Waals surface area contributed by atoms with E-state index in [1.807, 2.05) is 10.7 Å². The summed E-state index contributed by atoms with van der Waals surface area (Å²) in [6, 6.07) is 20.3. The van der Waals surface area contributed by atoms with E-state index in [0.29, 0.717) is 0 Å². The van der Waals surface area contributed by atoms with Gasteiger partial charge in [0.25, 0.3) is 0 Å². The molecule has 0 spiro atoms. The zero-order valence-corrected chi connectivity index (χ0v) is 15.2. The van der Waals surface area contributed by atoms with Gasteiger partial charge in [0.2, 0.25) is 9.04 Å². The van der Waals surface area contributed by atoms with Crippen molar-refractivity contribution in [3.63, 3.8) is 0 Å². The van der Waals surface area contributed by atoms with Gasteiger partial charge in [-0.2, -0.15) is 5.10 Å². The molecule has 0 N–H and O–H groups in total. The third-order valence-electron chi connectivity index (χ3n) is 3.94. The van der Waals surface area contributed by atoms with E-state index in [-0.39, 0.29) is 0 Å². The van der Waals surface area contributed by atoms with Crippen molar-refractivity contribution in [3.05, 3.63) is 72.8 Å². The van der Waals surface area contributed by atoms with Gasteiger partial charge in [-0.3, -0.25) is 4.68 Å². The van der Waals surface area contributed by atoms with E-state index in [4.69, 9.17) is 4.43 Å². The fourth-order valence-electron chi connectivity index (χ4n) is 2.72.